The Morgan fingerprint density at radius 2 is 2.37 bits per heavy atom. The number of hydrogen-bond acceptors (Lipinski definition) is 8. The van der Waals surface area contributed by atoms with Crippen molar-refractivity contribution in [3.8, 4) is 0 Å². The molecule has 1 saturated heterocycles. The highest BCUT2D eigenvalue weighted by molar-refractivity contribution is 7.55. The molecule has 11 heteroatoms. The van der Waals surface area contributed by atoms with E-state index in [0.717, 1.165) is 5.57 Å². The highest BCUT2D eigenvalue weighted by atomic mass is 31.2. The molecule has 4 N–H and O–H groups in total. The molecule has 30 heavy (non-hydrogen) atoms. The Morgan fingerprint density at radius 3 is 3.13 bits per heavy atom. The van der Waals surface area contributed by atoms with E-state index >= 15 is 0 Å². The van der Waals surface area contributed by atoms with Crippen LogP contribution in [0.5, 0.6) is 0 Å². The van der Waals surface area contributed by atoms with Crippen LogP contribution in [-0.4, -0.2) is 38.7 Å². The fourth-order valence-corrected chi connectivity index (χ4v) is 4.76. The molecule has 4 heterocycles. The molecular formula is C19H24N4O6P+. The number of allylic oxidation sites excluding steroid dienone is 2. The zero-order valence-electron chi connectivity index (χ0n) is 16.5. The van der Waals surface area contributed by atoms with Crippen LogP contribution in [-0.2, 0) is 18.3 Å². The van der Waals surface area contributed by atoms with E-state index in [1.807, 2.05) is 19.1 Å². The van der Waals surface area contributed by atoms with Gasteiger partial charge in [0.1, 0.15) is 19.4 Å². The van der Waals surface area contributed by atoms with E-state index < -0.39 is 8.17 Å². The van der Waals surface area contributed by atoms with Crippen LogP contribution in [0.1, 0.15) is 26.0 Å². The Labute approximate surface area is 173 Å². The summed E-state index contributed by atoms with van der Waals surface area (Å²) in [6.07, 6.45) is 7.73. The van der Waals surface area contributed by atoms with Crippen molar-refractivity contribution in [3.63, 3.8) is 0 Å². The predicted octanol–water partition coefficient (Wildman–Crippen LogP) is 2.73. The first-order chi connectivity index (χ1) is 14.4. The van der Waals surface area contributed by atoms with E-state index in [1.54, 1.807) is 16.8 Å². The van der Waals surface area contributed by atoms with Crippen molar-refractivity contribution in [2.45, 2.75) is 32.1 Å². The van der Waals surface area contributed by atoms with Crippen LogP contribution in [0.25, 0.3) is 11.0 Å². The van der Waals surface area contributed by atoms with E-state index in [4.69, 9.17) is 24.0 Å². The van der Waals surface area contributed by atoms with Crippen LogP contribution in [0, 0.1) is 0 Å². The van der Waals surface area contributed by atoms with Crippen molar-refractivity contribution < 1.29 is 23.2 Å². The van der Waals surface area contributed by atoms with E-state index in [2.05, 4.69) is 16.5 Å². The number of anilines is 1. The molecule has 2 aromatic heterocycles. The first-order valence-corrected chi connectivity index (χ1v) is 11.0. The van der Waals surface area contributed by atoms with Crippen LogP contribution in [0.3, 0.4) is 0 Å². The second-order valence-electron chi connectivity index (χ2n) is 6.92. The second-order valence-corrected chi connectivity index (χ2v) is 8.56. The molecule has 0 aromatic carbocycles. The van der Waals surface area contributed by atoms with E-state index in [0.29, 0.717) is 29.6 Å². The number of H-pyrrole nitrogens is 1. The van der Waals surface area contributed by atoms with Crippen LogP contribution in [0.2, 0.25) is 0 Å². The molecule has 0 spiro atoms. The maximum Gasteiger partial charge on any atom is 0.619 e. The summed E-state index contributed by atoms with van der Waals surface area (Å²) in [5, 5.41) is 0.442. The number of aromatic nitrogens is 3. The summed E-state index contributed by atoms with van der Waals surface area (Å²) in [4.78, 5) is 29.3. The van der Waals surface area contributed by atoms with Crippen molar-refractivity contribution in [2.75, 3.05) is 18.9 Å². The van der Waals surface area contributed by atoms with Gasteiger partial charge in [-0.3, -0.25) is 14.3 Å². The molecule has 2 aliphatic heterocycles. The number of aromatic amines is 1. The monoisotopic (exact) mass is 435 g/mol. The summed E-state index contributed by atoms with van der Waals surface area (Å²) in [6, 6.07) is 1.68. The minimum Gasteiger partial charge on any atom is -0.369 e. The first kappa shape index (κ1) is 20.8. The van der Waals surface area contributed by atoms with Gasteiger partial charge in [-0.05, 0) is 31.9 Å². The highest BCUT2D eigenvalue weighted by Crippen LogP contribution is 2.62. The van der Waals surface area contributed by atoms with E-state index in [9.17, 15) is 9.69 Å². The summed E-state index contributed by atoms with van der Waals surface area (Å²) >= 11 is 0. The van der Waals surface area contributed by atoms with Crippen LogP contribution in [0.15, 0.2) is 53.2 Å². The molecule has 3 atom stereocenters. The summed E-state index contributed by atoms with van der Waals surface area (Å²) in [5.41, 5.74) is 6.61. The Hall–Kier alpha value is -2.49. The number of nitrogens with two attached hydrogens (primary N) is 1. The van der Waals surface area contributed by atoms with Gasteiger partial charge in [-0.1, -0.05) is 18.7 Å². The van der Waals surface area contributed by atoms with Gasteiger partial charge in [0.15, 0.2) is 11.4 Å². The van der Waals surface area contributed by atoms with Crippen molar-refractivity contribution in [3.05, 3.63) is 58.8 Å². The first-order valence-electron chi connectivity index (χ1n) is 9.53. The topological polar surface area (TPSA) is 134 Å². The maximum atomic E-state index is 12.0. The average Bonchev–Trinajstić information content (AvgIpc) is 3.35. The molecule has 0 bridgehead atoms. The second kappa shape index (κ2) is 8.33. The van der Waals surface area contributed by atoms with Gasteiger partial charge >= 0.3 is 8.17 Å². The number of nitrogens with zero attached hydrogens (tertiary/aromatic N) is 2. The standard InChI is InChI=1S/C19H23N4O6P/c1-3-5-12-10-26-30(25,29-15(12)4-2)27-11-13-6-7-16(28-13)23-9-8-14-17(23)21-19(20)22-18(14)24/h3-5,8-9,13,16,25H,2,6-7,10-11H2,1H3,(H2-,20,21,22,24)/p+1/b5-3-. The maximum absolute atomic E-state index is 12.0. The van der Waals surface area contributed by atoms with Gasteiger partial charge in [-0.15, -0.1) is 9.05 Å². The van der Waals surface area contributed by atoms with Crippen LogP contribution in [0.4, 0.5) is 5.95 Å². The third-order valence-electron chi connectivity index (χ3n) is 4.89. The minimum atomic E-state index is -3.51. The number of ether oxygens (including phenoxy) is 1. The Bertz CT molecular complexity index is 1080. The Balaban J connectivity index is 1.41. The van der Waals surface area contributed by atoms with Crippen molar-refractivity contribution in [1.29, 1.82) is 0 Å². The SMILES string of the molecule is C=CC1=C(/C=C\C)CO[P+](O)(OCC2CCC(n3ccc4c(=O)[nH]c(N)nc43)O2)O1. The fraction of sp³-hybridized carbons (Fsp3) is 0.368. The third-order valence-corrected chi connectivity index (χ3v) is 6.24. The predicted molar refractivity (Wildman–Crippen MR) is 112 cm³/mol. The molecule has 0 aliphatic carbocycles. The summed E-state index contributed by atoms with van der Waals surface area (Å²) in [7, 11) is -3.51. The zero-order chi connectivity index (χ0) is 21.3. The molecule has 3 unspecified atom stereocenters. The van der Waals surface area contributed by atoms with Crippen LogP contribution < -0.4 is 11.3 Å². The Kier molecular flexibility index (Phi) is 5.77. The quantitative estimate of drug-likeness (QED) is 0.590. The van der Waals surface area contributed by atoms with Crippen LogP contribution >= 0.6 is 8.17 Å². The molecule has 0 radical (unpaired) electrons. The summed E-state index contributed by atoms with van der Waals surface area (Å²) in [5.74, 6) is 0.486. The number of rotatable bonds is 6. The molecule has 2 aliphatic rings. The zero-order valence-corrected chi connectivity index (χ0v) is 17.4. The lowest BCUT2D eigenvalue weighted by Gasteiger charge is -2.22. The minimum absolute atomic E-state index is 0.0484. The average molecular weight is 435 g/mol. The van der Waals surface area contributed by atoms with Gasteiger partial charge in [0.25, 0.3) is 5.56 Å². The number of hydrogen-bond donors (Lipinski definition) is 3. The number of fused-ring (bicyclic) bond motifs is 1. The fourth-order valence-electron chi connectivity index (χ4n) is 3.48. The van der Waals surface area contributed by atoms with Crippen molar-refractivity contribution >= 4 is 25.2 Å². The Morgan fingerprint density at radius 1 is 1.53 bits per heavy atom. The normalized spacial score (nSPS) is 27.1. The molecule has 10 nitrogen and oxygen atoms in total. The largest absolute Gasteiger partial charge is 0.619 e. The molecule has 4 rings (SSSR count). The van der Waals surface area contributed by atoms with Crippen molar-refractivity contribution in [2.24, 2.45) is 0 Å². The van der Waals surface area contributed by atoms with E-state index in [1.165, 1.54) is 6.08 Å². The van der Waals surface area contributed by atoms with Gasteiger partial charge in [0.05, 0.1) is 11.5 Å². The van der Waals surface area contributed by atoms with Gasteiger partial charge in [0.2, 0.25) is 5.95 Å². The van der Waals surface area contributed by atoms with Gasteiger partial charge in [-0.25, -0.2) is 0 Å². The van der Waals surface area contributed by atoms with Gasteiger partial charge < -0.3 is 15.0 Å². The molecule has 0 amide bonds. The summed E-state index contributed by atoms with van der Waals surface area (Å²) in [6.45, 7) is 5.85. The van der Waals surface area contributed by atoms with Gasteiger partial charge in [0, 0.05) is 11.8 Å². The lowest BCUT2D eigenvalue weighted by molar-refractivity contribution is -0.0272. The third kappa shape index (κ3) is 4.05. The highest BCUT2D eigenvalue weighted by Gasteiger charge is 2.51. The molecule has 0 saturated carbocycles. The number of nitrogens with one attached hydrogen (secondary N) is 1. The molecular weight excluding hydrogens is 411 g/mol. The molecule has 1 fully saturated rings. The van der Waals surface area contributed by atoms with E-state index in [-0.39, 0.29) is 37.1 Å². The molecule has 2 aromatic rings. The lowest BCUT2D eigenvalue weighted by atomic mass is 10.2. The van der Waals surface area contributed by atoms with Gasteiger partial charge in [-0.2, -0.15) is 9.88 Å². The lowest BCUT2D eigenvalue weighted by Crippen LogP contribution is -2.21. The molecule has 160 valence electrons. The smallest absolute Gasteiger partial charge is 0.369 e. The van der Waals surface area contributed by atoms with Crippen molar-refractivity contribution in [1.82, 2.24) is 14.5 Å². The number of nitrogen functional groups attached to an aromatic ring is 1. The summed E-state index contributed by atoms with van der Waals surface area (Å²) < 4.78 is 24.4.